The highest BCUT2D eigenvalue weighted by molar-refractivity contribution is 7.17. The summed E-state index contributed by atoms with van der Waals surface area (Å²) in [5.74, 6) is -1.51. The SMILES string of the molecule is CCN1CCN(c2cc(C(=O)Nc3ccc(C)c(N)c3)cc(C(F)(F)F)c2)CC1.O=C(O)c1cnc(NC2CC2)s1. The molecule has 0 atom stereocenters. The number of thiazole rings is 1. The van der Waals surface area contributed by atoms with Crippen molar-refractivity contribution in [3.63, 3.8) is 0 Å². The molecule has 2 heterocycles. The van der Waals surface area contributed by atoms with Crippen LogP contribution in [-0.2, 0) is 6.18 Å². The number of aromatic carboxylic acids is 1. The van der Waals surface area contributed by atoms with Gasteiger partial charge in [-0.1, -0.05) is 24.3 Å². The van der Waals surface area contributed by atoms with E-state index in [9.17, 15) is 22.8 Å². The number of carbonyl (C=O) groups excluding carboxylic acids is 1. The molecule has 1 saturated carbocycles. The van der Waals surface area contributed by atoms with E-state index in [4.69, 9.17) is 10.8 Å². The van der Waals surface area contributed by atoms with Crippen molar-refractivity contribution in [1.82, 2.24) is 9.88 Å². The monoisotopic (exact) mass is 590 g/mol. The van der Waals surface area contributed by atoms with Gasteiger partial charge in [-0.3, -0.25) is 4.79 Å². The standard InChI is InChI=1S/C21H25F3N4O.C7H8N2O2S/c1-3-27-6-8-28(9-7-27)18-11-15(10-16(12-18)21(22,23)24)20(29)26-17-5-4-14(2)19(25)13-17;10-6(11)5-3-8-7(12-5)9-4-1-2-4/h4-5,10-13H,3,6-9,25H2,1-2H3,(H,26,29);3-4H,1-2H2,(H,8,9)(H,10,11). The minimum atomic E-state index is -4.54. The van der Waals surface area contributed by atoms with Crippen LogP contribution >= 0.6 is 11.3 Å². The molecule has 1 amide bonds. The number of alkyl halides is 3. The molecule has 13 heteroatoms. The van der Waals surface area contributed by atoms with Gasteiger partial charge in [-0.25, -0.2) is 9.78 Å². The Labute approximate surface area is 240 Å². The summed E-state index contributed by atoms with van der Waals surface area (Å²) in [6.07, 6.45) is -0.813. The van der Waals surface area contributed by atoms with Gasteiger partial charge in [0.2, 0.25) is 0 Å². The lowest BCUT2D eigenvalue weighted by Gasteiger charge is -2.36. The molecule has 1 aromatic heterocycles. The lowest BCUT2D eigenvalue weighted by Crippen LogP contribution is -2.46. The number of nitrogens with two attached hydrogens (primary N) is 1. The molecule has 0 radical (unpaired) electrons. The van der Waals surface area contributed by atoms with E-state index in [0.29, 0.717) is 36.2 Å². The number of aromatic nitrogens is 1. The molecule has 2 aromatic carbocycles. The van der Waals surface area contributed by atoms with Gasteiger partial charge in [0.1, 0.15) is 4.88 Å². The smallest absolute Gasteiger partial charge is 0.416 e. The van der Waals surface area contributed by atoms with Crippen LogP contribution in [0.3, 0.4) is 0 Å². The molecule has 2 aliphatic rings. The van der Waals surface area contributed by atoms with Gasteiger partial charge in [0.05, 0.1) is 11.8 Å². The van der Waals surface area contributed by atoms with Gasteiger partial charge in [-0.15, -0.1) is 0 Å². The number of carbonyl (C=O) groups is 2. The summed E-state index contributed by atoms with van der Waals surface area (Å²) in [5.41, 5.74) is 7.19. The van der Waals surface area contributed by atoms with E-state index >= 15 is 0 Å². The molecule has 0 unspecified atom stereocenters. The summed E-state index contributed by atoms with van der Waals surface area (Å²) in [4.78, 5) is 31.5. The van der Waals surface area contributed by atoms with Crippen LogP contribution in [0.15, 0.2) is 42.6 Å². The zero-order valence-electron chi connectivity index (χ0n) is 22.8. The molecule has 5 rings (SSSR count). The Morgan fingerprint density at radius 2 is 1.83 bits per heavy atom. The molecule has 1 aliphatic heterocycles. The van der Waals surface area contributed by atoms with Crippen molar-refractivity contribution < 1.29 is 27.9 Å². The van der Waals surface area contributed by atoms with Crippen LogP contribution in [0.5, 0.6) is 0 Å². The molecular formula is C28H33F3N6O3S. The Balaban J connectivity index is 0.000000267. The number of benzene rings is 2. The van der Waals surface area contributed by atoms with Crippen molar-refractivity contribution in [2.45, 2.75) is 38.9 Å². The summed E-state index contributed by atoms with van der Waals surface area (Å²) in [7, 11) is 0. The molecule has 0 spiro atoms. The molecular weight excluding hydrogens is 557 g/mol. The average Bonchev–Trinajstić information content (AvgIpc) is 3.63. The van der Waals surface area contributed by atoms with E-state index in [1.54, 1.807) is 18.2 Å². The summed E-state index contributed by atoms with van der Waals surface area (Å²) < 4.78 is 40.3. The number of aryl methyl sites for hydroxylation is 1. The predicted octanol–water partition coefficient (Wildman–Crippen LogP) is 5.41. The van der Waals surface area contributed by atoms with E-state index in [2.05, 4.69) is 27.4 Å². The van der Waals surface area contributed by atoms with Gasteiger partial charge in [-0.05, 0) is 62.2 Å². The maximum Gasteiger partial charge on any atom is 0.416 e. The number of nitrogens with zero attached hydrogens (tertiary/aromatic N) is 3. The van der Waals surface area contributed by atoms with Crippen LogP contribution in [-0.4, -0.2) is 65.6 Å². The van der Waals surface area contributed by atoms with Gasteiger partial charge in [-0.2, -0.15) is 13.2 Å². The third kappa shape index (κ3) is 8.33. The fraction of sp³-hybridized carbons (Fsp3) is 0.393. The van der Waals surface area contributed by atoms with Gasteiger partial charge in [0.25, 0.3) is 5.91 Å². The minimum Gasteiger partial charge on any atom is -0.477 e. The van der Waals surface area contributed by atoms with Crippen molar-refractivity contribution in [3.8, 4) is 0 Å². The van der Waals surface area contributed by atoms with E-state index in [-0.39, 0.29) is 10.4 Å². The second-order valence-corrected chi connectivity index (χ2v) is 11.0. The maximum absolute atomic E-state index is 13.4. The van der Waals surface area contributed by atoms with Crippen LogP contribution in [0.25, 0.3) is 0 Å². The highest BCUT2D eigenvalue weighted by Gasteiger charge is 2.33. The maximum atomic E-state index is 13.4. The van der Waals surface area contributed by atoms with Gasteiger partial charge >= 0.3 is 12.1 Å². The third-order valence-corrected chi connectivity index (χ3v) is 7.77. The van der Waals surface area contributed by atoms with Crippen molar-refractivity contribution in [3.05, 3.63) is 64.2 Å². The Hall–Kier alpha value is -3.84. The van der Waals surface area contributed by atoms with Crippen molar-refractivity contribution in [1.29, 1.82) is 0 Å². The van der Waals surface area contributed by atoms with E-state index in [1.807, 2.05) is 11.8 Å². The number of halogens is 3. The number of piperazine rings is 1. The summed E-state index contributed by atoms with van der Waals surface area (Å²) in [5, 5.41) is 15.1. The number of hydrogen-bond donors (Lipinski definition) is 4. The van der Waals surface area contributed by atoms with E-state index < -0.39 is 23.6 Å². The Bertz CT molecular complexity index is 1380. The van der Waals surface area contributed by atoms with Crippen molar-refractivity contribution in [2.24, 2.45) is 0 Å². The second kappa shape index (κ2) is 12.8. The molecule has 1 saturated heterocycles. The van der Waals surface area contributed by atoms with Crippen LogP contribution in [0.2, 0.25) is 0 Å². The Morgan fingerprint density at radius 1 is 1.12 bits per heavy atom. The number of carboxylic acids is 1. The first-order valence-corrected chi connectivity index (χ1v) is 14.1. The largest absolute Gasteiger partial charge is 0.477 e. The van der Waals surface area contributed by atoms with E-state index in [1.165, 1.54) is 36.4 Å². The lowest BCUT2D eigenvalue weighted by atomic mass is 10.1. The van der Waals surface area contributed by atoms with E-state index in [0.717, 1.165) is 42.5 Å². The number of nitrogen functional groups attached to an aromatic ring is 1. The number of hydrogen-bond acceptors (Lipinski definition) is 8. The summed E-state index contributed by atoms with van der Waals surface area (Å²) in [6, 6.07) is 9.05. The zero-order valence-corrected chi connectivity index (χ0v) is 23.6. The first-order valence-electron chi connectivity index (χ1n) is 13.3. The fourth-order valence-electron chi connectivity index (χ4n) is 4.17. The molecule has 0 bridgehead atoms. The number of rotatable bonds is 7. The minimum absolute atomic E-state index is 0.0353. The average molecular weight is 591 g/mol. The fourth-order valence-corrected chi connectivity index (χ4v) is 4.91. The first-order chi connectivity index (χ1) is 19.4. The van der Waals surface area contributed by atoms with Crippen LogP contribution in [0, 0.1) is 6.92 Å². The Kier molecular flexibility index (Phi) is 9.38. The van der Waals surface area contributed by atoms with Gasteiger partial charge in [0.15, 0.2) is 5.13 Å². The first kappa shape index (κ1) is 30.1. The number of carboxylic acid groups (broad SMARTS) is 1. The Morgan fingerprint density at radius 3 is 2.39 bits per heavy atom. The molecule has 2 fully saturated rings. The quantitative estimate of drug-likeness (QED) is 0.270. The zero-order chi connectivity index (χ0) is 29.7. The molecule has 1 aliphatic carbocycles. The van der Waals surface area contributed by atoms with Gasteiger partial charge in [0, 0.05) is 54.8 Å². The summed E-state index contributed by atoms with van der Waals surface area (Å²) >= 11 is 1.19. The normalized spacial score (nSPS) is 15.6. The van der Waals surface area contributed by atoms with Gasteiger partial charge < -0.3 is 31.3 Å². The topological polar surface area (TPSA) is 124 Å². The lowest BCUT2D eigenvalue weighted by molar-refractivity contribution is -0.137. The highest BCUT2D eigenvalue weighted by Crippen LogP contribution is 2.34. The van der Waals surface area contributed by atoms with Crippen LogP contribution in [0.4, 0.5) is 35.4 Å². The number of nitrogens with one attached hydrogen (secondary N) is 2. The van der Waals surface area contributed by atoms with Crippen LogP contribution in [0.1, 0.15) is 50.9 Å². The van der Waals surface area contributed by atoms with Crippen LogP contribution < -0.4 is 21.3 Å². The van der Waals surface area contributed by atoms with Crippen molar-refractivity contribution >= 4 is 45.4 Å². The predicted molar refractivity (Wildman–Crippen MR) is 155 cm³/mol. The van der Waals surface area contributed by atoms with Crippen molar-refractivity contribution in [2.75, 3.05) is 54.0 Å². The number of anilines is 4. The molecule has 41 heavy (non-hydrogen) atoms. The molecule has 9 nitrogen and oxygen atoms in total. The second-order valence-electron chi connectivity index (χ2n) is 9.97. The number of amides is 1. The molecule has 220 valence electrons. The third-order valence-electron chi connectivity index (χ3n) is 6.85. The summed E-state index contributed by atoms with van der Waals surface area (Å²) in [6.45, 7) is 7.57. The molecule has 5 N–H and O–H groups in total. The molecule has 3 aromatic rings. The number of likely N-dealkylation sites (N-methyl/N-ethyl adjacent to an activating group) is 1. The highest BCUT2D eigenvalue weighted by atomic mass is 32.1.